The zero-order valence-corrected chi connectivity index (χ0v) is 10.2. The number of aromatic nitrogens is 2. The van der Waals surface area contributed by atoms with Crippen LogP contribution in [0.5, 0.6) is 0 Å². The Kier molecular flexibility index (Phi) is 3.50. The zero-order valence-electron chi connectivity index (χ0n) is 9.43. The number of hydrogen-bond acceptors (Lipinski definition) is 4. The molecule has 6 nitrogen and oxygen atoms in total. The van der Waals surface area contributed by atoms with Crippen molar-refractivity contribution < 1.29 is 4.79 Å². The third-order valence-electron chi connectivity index (χ3n) is 2.44. The zero-order chi connectivity index (χ0) is 13.1. The number of nitrogens with zero attached hydrogens (tertiary/aromatic N) is 2. The van der Waals surface area contributed by atoms with Gasteiger partial charge in [-0.3, -0.25) is 14.9 Å². The molecular weight excluding hydrogens is 254 g/mol. The monoisotopic (exact) mass is 265 g/mol. The molecule has 1 amide bonds. The minimum absolute atomic E-state index is 0.302. The summed E-state index contributed by atoms with van der Waals surface area (Å²) in [6.07, 6.45) is 1.65. The molecule has 0 saturated heterocycles. The Morgan fingerprint density at radius 3 is 2.56 bits per heavy atom. The second-order valence-electron chi connectivity index (χ2n) is 3.73. The van der Waals surface area contributed by atoms with Crippen molar-refractivity contribution in [3.05, 3.63) is 46.6 Å². The maximum Gasteiger partial charge on any atom is 0.265 e. The second-order valence-corrected chi connectivity index (χ2v) is 4.14. The minimum atomic E-state index is -0.326. The van der Waals surface area contributed by atoms with Gasteiger partial charge in [0.1, 0.15) is 5.02 Å². The summed E-state index contributed by atoms with van der Waals surface area (Å²) in [6, 6.07) is 7.00. The van der Waals surface area contributed by atoms with Gasteiger partial charge in [-0.25, -0.2) is 5.84 Å². The molecule has 0 spiro atoms. The molecule has 0 atom stereocenters. The summed E-state index contributed by atoms with van der Waals surface area (Å²) in [5, 5.41) is 4.47. The first-order chi connectivity index (χ1) is 8.60. The SMILES string of the molecule is NNC(=O)c1ccc(Cn2cc(Cl)c(N)n2)cc1. The number of nitrogens with two attached hydrogens (primary N) is 2. The van der Waals surface area contributed by atoms with Crippen LogP contribution in [0.15, 0.2) is 30.5 Å². The summed E-state index contributed by atoms with van der Waals surface area (Å²) in [5.74, 6) is 5.02. The van der Waals surface area contributed by atoms with Crippen LogP contribution in [0.25, 0.3) is 0 Å². The molecule has 0 fully saturated rings. The number of nitrogen functional groups attached to an aromatic ring is 2. The van der Waals surface area contributed by atoms with Gasteiger partial charge in [0, 0.05) is 11.8 Å². The van der Waals surface area contributed by atoms with Gasteiger partial charge in [0.05, 0.1) is 6.54 Å². The van der Waals surface area contributed by atoms with Gasteiger partial charge in [-0.2, -0.15) is 5.10 Å². The Bertz CT molecular complexity index is 544. The highest BCUT2D eigenvalue weighted by atomic mass is 35.5. The number of nitrogens with one attached hydrogen (secondary N) is 1. The van der Waals surface area contributed by atoms with Crippen LogP contribution in [0, 0.1) is 0 Å². The van der Waals surface area contributed by atoms with Crippen LogP contribution in [0.3, 0.4) is 0 Å². The first kappa shape index (κ1) is 12.4. The minimum Gasteiger partial charge on any atom is -0.381 e. The van der Waals surface area contributed by atoms with Crippen LogP contribution < -0.4 is 17.0 Å². The van der Waals surface area contributed by atoms with Crippen LogP contribution in [0.2, 0.25) is 5.02 Å². The molecule has 1 heterocycles. The normalized spacial score (nSPS) is 10.3. The third kappa shape index (κ3) is 2.61. The van der Waals surface area contributed by atoms with Gasteiger partial charge >= 0.3 is 0 Å². The van der Waals surface area contributed by atoms with E-state index < -0.39 is 0 Å². The summed E-state index contributed by atoms with van der Waals surface area (Å²) >= 11 is 5.81. The van der Waals surface area contributed by atoms with Crippen LogP contribution in [-0.4, -0.2) is 15.7 Å². The predicted octanol–water partition coefficient (Wildman–Crippen LogP) is 0.770. The Balaban J connectivity index is 2.13. The maximum absolute atomic E-state index is 11.2. The molecular formula is C11H12ClN5O. The molecule has 0 aliphatic heterocycles. The van der Waals surface area contributed by atoms with E-state index in [1.165, 1.54) is 0 Å². The van der Waals surface area contributed by atoms with Crippen molar-refractivity contribution in [1.29, 1.82) is 0 Å². The Hall–Kier alpha value is -2.05. The standard InChI is InChI=1S/C11H12ClN5O/c12-9-6-17(16-10(9)13)5-7-1-3-8(4-2-7)11(18)15-14/h1-4,6H,5,14H2,(H2,13,16)(H,15,18). The lowest BCUT2D eigenvalue weighted by molar-refractivity contribution is 0.0953. The van der Waals surface area contributed by atoms with Crippen molar-refractivity contribution >= 4 is 23.3 Å². The largest absolute Gasteiger partial charge is 0.381 e. The number of halogens is 1. The fourth-order valence-electron chi connectivity index (χ4n) is 1.52. The molecule has 2 rings (SSSR count). The summed E-state index contributed by atoms with van der Waals surface area (Å²) in [4.78, 5) is 11.2. The Morgan fingerprint density at radius 2 is 2.06 bits per heavy atom. The predicted molar refractivity (Wildman–Crippen MR) is 68.8 cm³/mol. The molecule has 1 aromatic carbocycles. The molecule has 5 N–H and O–H groups in total. The van der Waals surface area contributed by atoms with Crippen LogP contribution in [0.4, 0.5) is 5.82 Å². The third-order valence-corrected chi connectivity index (χ3v) is 2.73. The van der Waals surface area contributed by atoms with E-state index in [0.717, 1.165) is 5.56 Å². The second kappa shape index (κ2) is 5.07. The van der Waals surface area contributed by atoms with Gasteiger partial charge in [0.25, 0.3) is 5.91 Å². The van der Waals surface area contributed by atoms with E-state index in [1.54, 1.807) is 23.0 Å². The summed E-state index contributed by atoms with van der Waals surface area (Å²) < 4.78 is 1.63. The van der Waals surface area contributed by atoms with Crippen molar-refractivity contribution in [2.45, 2.75) is 6.54 Å². The van der Waals surface area contributed by atoms with Gasteiger partial charge < -0.3 is 5.73 Å². The lowest BCUT2D eigenvalue weighted by Crippen LogP contribution is -2.29. The molecule has 2 aromatic rings. The lowest BCUT2D eigenvalue weighted by Gasteiger charge is -2.03. The summed E-state index contributed by atoms with van der Waals surface area (Å²) in [6.45, 7) is 0.529. The van der Waals surface area contributed by atoms with Crippen LogP contribution in [-0.2, 0) is 6.54 Å². The number of anilines is 1. The van der Waals surface area contributed by atoms with E-state index >= 15 is 0 Å². The molecule has 1 aromatic heterocycles. The van der Waals surface area contributed by atoms with Gasteiger partial charge in [-0.05, 0) is 17.7 Å². The first-order valence-electron chi connectivity index (χ1n) is 5.18. The molecule has 0 aliphatic carbocycles. The Morgan fingerprint density at radius 1 is 1.39 bits per heavy atom. The smallest absolute Gasteiger partial charge is 0.265 e. The topological polar surface area (TPSA) is 99.0 Å². The lowest BCUT2D eigenvalue weighted by atomic mass is 10.1. The highest BCUT2D eigenvalue weighted by Crippen LogP contribution is 2.16. The van der Waals surface area contributed by atoms with Crippen molar-refractivity contribution in [1.82, 2.24) is 15.2 Å². The van der Waals surface area contributed by atoms with Gasteiger partial charge in [-0.1, -0.05) is 23.7 Å². The van der Waals surface area contributed by atoms with Crippen molar-refractivity contribution in [2.24, 2.45) is 5.84 Å². The van der Waals surface area contributed by atoms with Crippen molar-refractivity contribution in [3.8, 4) is 0 Å². The quantitative estimate of drug-likeness (QED) is 0.434. The van der Waals surface area contributed by atoms with E-state index in [4.69, 9.17) is 23.2 Å². The highest BCUT2D eigenvalue weighted by molar-refractivity contribution is 6.32. The molecule has 0 aliphatic rings. The maximum atomic E-state index is 11.2. The van der Waals surface area contributed by atoms with Crippen molar-refractivity contribution in [3.63, 3.8) is 0 Å². The Labute approximate surface area is 108 Å². The van der Waals surface area contributed by atoms with Crippen molar-refractivity contribution in [2.75, 3.05) is 5.73 Å². The molecule has 0 unspecified atom stereocenters. The number of benzene rings is 1. The number of amides is 1. The number of carbonyl (C=O) groups is 1. The molecule has 0 saturated carbocycles. The molecule has 94 valence electrons. The van der Waals surface area contributed by atoms with E-state index in [1.807, 2.05) is 12.1 Å². The van der Waals surface area contributed by atoms with Crippen LogP contribution >= 0.6 is 11.6 Å². The summed E-state index contributed by atoms with van der Waals surface area (Å²) in [5.41, 5.74) is 9.09. The molecule has 0 bridgehead atoms. The average molecular weight is 266 g/mol. The van der Waals surface area contributed by atoms with E-state index in [9.17, 15) is 4.79 Å². The summed E-state index contributed by atoms with van der Waals surface area (Å²) in [7, 11) is 0. The highest BCUT2D eigenvalue weighted by Gasteiger charge is 2.05. The first-order valence-corrected chi connectivity index (χ1v) is 5.56. The number of hydrazine groups is 1. The van der Waals surface area contributed by atoms with E-state index in [-0.39, 0.29) is 5.91 Å². The average Bonchev–Trinajstić information content (AvgIpc) is 2.68. The molecule has 0 radical (unpaired) electrons. The molecule has 18 heavy (non-hydrogen) atoms. The van der Waals surface area contributed by atoms with Gasteiger partial charge in [0.2, 0.25) is 0 Å². The fraction of sp³-hybridized carbons (Fsp3) is 0.0909. The number of hydrogen-bond donors (Lipinski definition) is 3. The van der Waals surface area contributed by atoms with E-state index in [2.05, 4.69) is 10.5 Å². The number of carbonyl (C=O) groups excluding carboxylic acids is 1. The van der Waals surface area contributed by atoms with Crippen LogP contribution in [0.1, 0.15) is 15.9 Å². The van der Waals surface area contributed by atoms with E-state index in [0.29, 0.717) is 22.9 Å². The molecule has 7 heteroatoms. The van der Waals surface area contributed by atoms with Gasteiger partial charge in [-0.15, -0.1) is 0 Å². The number of rotatable bonds is 3. The fourth-order valence-corrected chi connectivity index (χ4v) is 1.68. The van der Waals surface area contributed by atoms with Gasteiger partial charge in [0.15, 0.2) is 5.82 Å².